The van der Waals surface area contributed by atoms with Crippen molar-refractivity contribution < 1.29 is 40.6 Å². The Morgan fingerprint density at radius 1 is 1.22 bits per heavy atom. The monoisotopic (exact) mass is 528 g/mol. The first-order valence-corrected chi connectivity index (χ1v) is 12.6. The van der Waals surface area contributed by atoms with Gasteiger partial charge in [0.25, 0.3) is 11.8 Å². The molecular formula is C22H23F3N4O6S. The molecule has 0 unspecified atom stereocenters. The van der Waals surface area contributed by atoms with Crippen LogP contribution in [0.2, 0.25) is 0 Å². The lowest BCUT2D eigenvalue weighted by Crippen LogP contribution is -2.51. The summed E-state index contributed by atoms with van der Waals surface area (Å²) in [6, 6.07) is 5.74. The highest BCUT2D eigenvalue weighted by atomic mass is 32.2. The van der Waals surface area contributed by atoms with E-state index in [0.717, 1.165) is 0 Å². The Kier molecular flexibility index (Phi) is 6.73. The number of fused-ring (bicyclic) bond motifs is 1. The number of carbonyl (C=O) groups is 1. The number of sulfone groups is 1. The number of hydrogen-bond acceptors (Lipinski definition) is 8. The van der Waals surface area contributed by atoms with Crippen molar-refractivity contribution in [2.24, 2.45) is 0 Å². The number of aromatic nitrogens is 3. The van der Waals surface area contributed by atoms with Crippen molar-refractivity contribution >= 4 is 21.4 Å². The van der Waals surface area contributed by atoms with E-state index in [1.165, 1.54) is 48.2 Å². The molecule has 1 saturated heterocycles. The molecule has 0 spiro atoms. The molecule has 10 nitrogen and oxygen atoms in total. The summed E-state index contributed by atoms with van der Waals surface area (Å²) in [7, 11) is -1.76. The molecule has 0 radical (unpaired) electrons. The Morgan fingerprint density at radius 2 is 1.94 bits per heavy atom. The van der Waals surface area contributed by atoms with Crippen LogP contribution in [0.25, 0.3) is 5.65 Å². The van der Waals surface area contributed by atoms with Crippen LogP contribution in [0.4, 0.5) is 13.2 Å². The van der Waals surface area contributed by atoms with Crippen molar-refractivity contribution in [2.75, 3.05) is 25.2 Å². The number of nitrogens with one attached hydrogen (secondary N) is 1. The van der Waals surface area contributed by atoms with E-state index in [1.54, 1.807) is 6.92 Å². The molecule has 1 N–H and O–H groups in total. The molecule has 0 bridgehead atoms. The third-order valence-electron chi connectivity index (χ3n) is 5.64. The maximum absolute atomic E-state index is 13.0. The zero-order valence-electron chi connectivity index (χ0n) is 19.3. The van der Waals surface area contributed by atoms with Crippen LogP contribution in [0, 0.1) is 0 Å². The van der Waals surface area contributed by atoms with Gasteiger partial charge in [0.05, 0.1) is 24.8 Å². The van der Waals surface area contributed by atoms with Gasteiger partial charge in [0, 0.05) is 11.7 Å². The van der Waals surface area contributed by atoms with Crippen molar-refractivity contribution in [3.8, 4) is 23.3 Å². The smallest absolute Gasteiger partial charge is 0.422 e. The van der Waals surface area contributed by atoms with E-state index in [2.05, 4.69) is 15.3 Å². The van der Waals surface area contributed by atoms with Crippen LogP contribution in [0.3, 0.4) is 0 Å². The van der Waals surface area contributed by atoms with Gasteiger partial charge in [-0.25, -0.2) is 18.4 Å². The average molecular weight is 529 g/mol. The highest BCUT2D eigenvalue weighted by Gasteiger charge is 2.36. The molecule has 1 aliphatic rings. The largest absolute Gasteiger partial charge is 0.480 e. The molecule has 0 aromatic carbocycles. The molecule has 1 aliphatic heterocycles. The Bertz CT molecular complexity index is 1380. The number of halogens is 3. The Labute approximate surface area is 204 Å². The standard InChI is InChI=1S/C22H23F3N4O6S/c1-21(7-10-36(31,32)11-8-21)28-18(30)17-20(33-2)29-12-14(5-6-16(29)27-17)35-19-15(4-3-9-26-19)34-13-22(23,24)25/h3-6,9,12H,7-8,10-11,13H2,1-2H3,(H,28,30). The predicted molar refractivity (Wildman–Crippen MR) is 121 cm³/mol. The highest BCUT2D eigenvalue weighted by molar-refractivity contribution is 7.91. The van der Waals surface area contributed by atoms with E-state index >= 15 is 0 Å². The second-order valence-electron chi connectivity index (χ2n) is 8.54. The quantitative estimate of drug-likeness (QED) is 0.497. The SMILES string of the molecule is COc1c(C(=O)NC2(C)CCS(=O)(=O)CC2)nc2ccc(Oc3ncccc3OCC(F)(F)F)cn12. The van der Waals surface area contributed by atoms with Crippen molar-refractivity contribution in [3.05, 3.63) is 42.4 Å². The van der Waals surface area contributed by atoms with Crippen LogP contribution < -0.4 is 19.5 Å². The van der Waals surface area contributed by atoms with E-state index in [4.69, 9.17) is 14.2 Å². The third-order valence-corrected chi connectivity index (χ3v) is 7.30. The molecular weight excluding hydrogens is 505 g/mol. The fourth-order valence-electron chi connectivity index (χ4n) is 3.69. The fourth-order valence-corrected chi connectivity index (χ4v) is 5.41. The number of hydrogen-bond donors (Lipinski definition) is 1. The maximum Gasteiger partial charge on any atom is 0.422 e. The normalized spacial score (nSPS) is 16.9. The Morgan fingerprint density at radius 3 is 2.61 bits per heavy atom. The van der Waals surface area contributed by atoms with Gasteiger partial charge in [0.1, 0.15) is 21.2 Å². The number of pyridine rings is 2. The molecule has 3 aromatic rings. The summed E-state index contributed by atoms with van der Waals surface area (Å²) in [4.78, 5) is 21.3. The summed E-state index contributed by atoms with van der Waals surface area (Å²) in [5, 5.41) is 2.86. The van der Waals surface area contributed by atoms with Crippen molar-refractivity contribution in [3.63, 3.8) is 0 Å². The number of imidazole rings is 1. The molecule has 1 fully saturated rings. The molecule has 4 rings (SSSR count). The van der Waals surface area contributed by atoms with E-state index in [9.17, 15) is 26.4 Å². The number of rotatable bonds is 7. The molecule has 0 saturated carbocycles. The van der Waals surface area contributed by atoms with Gasteiger partial charge in [-0.15, -0.1) is 0 Å². The minimum absolute atomic E-state index is 0.0173. The Balaban J connectivity index is 1.57. The van der Waals surface area contributed by atoms with E-state index < -0.39 is 34.1 Å². The van der Waals surface area contributed by atoms with Crippen molar-refractivity contribution in [1.82, 2.24) is 19.7 Å². The van der Waals surface area contributed by atoms with Crippen molar-refractivity contribution in [1.29, 1.82) is 0 Å². The first-order valence-electron chi connectivity index (χ1n) is 10.8. The number of ether oxygens (including phenoxy) is 3. The minimum Gasteiger partial charge on any atom is -0.480 e. The minimum atomic E-state index is -4.53. The molecule has 0 aliphatic carbocycles. The number of nitrogens with zero attached hydrogens (tertiary/aromatic N) is 3. The van der Waals surface area contributed by atoms with E-state index in [1.807, 2.05) is 0 Å². The van der Waals surface area contributed by atoms with Crippen LogP contribution in [0.1, 0.15) is 30.3 Å². The summed E-state index contributed by atoms with van der Waals surface area (Å²) < 4.78 is 78.5. The zero-order valence-corrected chi connectivity index (χ0v) is 20.1. The number of methoxy groups -OCH3 is 1. The molecule has 0 atom stereocenters. The fraction of sp³-hybridized carbons (Fsp3) is 0.409. The molecule has 1 amide bonds. The molecule has 4 heterocycles. The Hall–Kier alpha value is -3.55. The second kappa shape index (κ2) is 9.48. The van der Waals surface area contributed by atoms with Crippen LogP contribution >= 0.6 is 0 Å². The maximum atomic E-state index is 13.0. The third kappa shape index (κ3) is 5.80. The molecule has 14 heteroatoms. The van der Waals surface area contributed by atoms with E-state index in [0.29, 0.717) is 5.65 Å². The van der Waals surface area contributed by atoms with Gasteiger partial charge in [0.15, 0.2) is 18.1 Å². The average Bonchev–Trinajstić information content (AvgIpc) is 3.18. The molecule has 194 valence electrons. The number of carbonyl (C=O) groups excluding carboxylic acids is 1. The van der Waals surface area contributed by atoms with Gasteiger partial charge in [-0.1, -0.05) is 0 Å². The van der Waals surface area contributed by atoms with Crippen LogP contribution in [-0.4, -0.2) is 65.6 Å². The summed E-state index contributed by atoms with van der Waals surface area (Å²) in [6.07, 6.45) is -1.20. The summed E-state index contributed by atoms with van der Waals surface area (Å²) in [5.41, 5.74) is -0.393. The van der Waals surface area contributed by atoms with Crippen LogP contribution in [0.5, 0.6) is 23.3 Å². The lowest BCUT2D eigenvalue weighted by molar-refractivity contribution is -0.153. The molecule has 36 heavy (non-hydrogen) atoms. The van der Waals surface area contributed by atoms with Gasteiger partial charge >= 0.3 is 6.18 Å². The van der Waals surface area contributed by atoms with Gasteiger partial charge in [-0.3, -0.25) is 9.20 Å². The van der Waals surface area contributed by atoms with Crippen LogP contribution in [-0.2, 0) is 9.84 Å². The summed E-state index contributed by atoms with van der Waals surface area (Å²) in [5.74, 6) is -0.690. The number of amides is 1. The molecule has 3 aromatic heterocycles. The van der Waals surface area contributed by atoms with Gasteiger partial charge in [-0.2, -0.15) is 13.2 Å². The predicted octanol–water partition coefficient (Wildman–Crippen LogP) is 3.17. The topological polar surface area (TPSA) is 121 Å². The lowest BCUT2D eigenvalue weighted by Gasteiger charge is -2.34. The lowest BCUT2D eigenvalue weighted by atomic mass is 9.94. The first-order chi connectivity index (χ1) is 16.9. The second-order valence-corrected chi connectivity index (χ2v) is 10.8. The van der Waals surface area contributed by atoms with Crippen molar-refractivity contribution in [2.45, 2.75) is 31.5 Å². The van der Waals surface area contributed by atoms with Crippen LogP contribution in [0.15, 0.2) is 36.7 Å². The zero-order chi connectivity index (χ0) is 26.1. The highest BCUT2D eigenvalue weighted by Crippen LogP contribution is 2.32. The van der Waals surface area contributed by atoms with Gasteiger partial charge < -0.3 is 19.5 Å². The van der Waals surface area contributed by atoms with E-state index in [-0.39, 0.29) is 53.3 Å². The summed E-state index contributed by atoms with van der Waals surface area (Å²) in [6.45, 7) is 0.270. The van der Waals surface area contributed by atoms with Gasteiger partial charge in [0.2, 0.25) is 5.88 Å². The van der Waals surface area contributed by atoms with Gasteiger partial charge in [-0.05, 0) is 44.0 Å². The first kappa shape index (κ1) is 25.5. The summed E-state index contributed by atoms with van der Waals surface area (Å²) >= 11 is 0. The number of alkyl halides is 3.